The van der Waals surface area contributed by atoms with Gasteiger partial charge in [0.1, 0.15) is 5.69 Å². The van der Waals surface area contributed by atoms with Crippen molar-refractivity contribution in [3.05, 3.63) is 63.7 Å². The van der Waals surface area contributed by atoms with E-state index in [9.17, 15) is 19.7 Å². The number of nitro groups is 1. The Morgan fingerprint density at radius 3 is 2.39 bits per heavy atom. The Hall–Kier alpha value is -3.53. The summed E-state index contributed by atoms with van der Waals surface area (Å²) in [6.07, 6.45) is 3.82. The van der Waals surface area contributed by atoms with Crippen LogP contribution < -0.4 is 15.5 Å². The molecule has 2 aromatic carbocycles. The number of thiocarbonyl (C=S) groups is 1. The largest absolute Gasteiger partial charge is 0.462 e. The Labute approximate surface area is 197 Å². The summed E-state index contributed by atoms with van der Waals surface area (Å²) in [6, 6.07) is 10.9. The molecular formula is C23H26N4O5S. The SMILES string of the molecule is CCCOC(=O)c1ccc(NC(=S)NC(=O)c2ccc(N3CCCCC3)c([N+](=O)[O-])c2)cc1. The third-order valence-corrected chi connectivity index (χ3v) is 5.38. The number of rotatable bonds is 7. The fraction of sp³-hybridized carbons (Fsp3) is 0.348. The van der Waals surface area contributed by atoms with Gasteiger partial charge in [-0.3, -0.25) is 20.2 Å². The van der Waals surface area contributed by atoms with Gasteiger partial charge < -0.3 is 15.0 Å². The molecule has 2 N–H and O–H groups in total. The zero-order valence-electron chi connectivity index (χ0n) is 18.3. The van der Waals surface area contributed by atoms with Crippen LogP contribution >= 0.6 is 12.2 Å². The summed E-state index contributed by atoms with van der Waals surface area (Å²) in [5, 5.41) is 17.0. The molecule has 9 nitrogen and oxygen atoms in total. The Balaban J connectivity index is 1.63. The summed E-state index contributed by atoms with van der Waals surface area (Å²) in [5.41, 5.74) is 1.54. The minimum absolute atomic E-state index is 0.0315. The van der Waals surface area contributed by atoms with E-state index in [0.29, 0.717) is 23.5 Å². The van der Waals surface area contributed by atoms with E-state index in [1.807, 2.05) is 11.8 Å². The van der Waals surface area contributed by atoms with Gasteiger partial charge in [0, 0.05) is 30.4 Å². The Morgan fingerprint density at radius 1 is 1.09 bits per heavy atom. The smallest absolute Gasteiger partial charge is 0.338 e. The summed E-state index contributed by atoms with van der Waals surface area (Å²) < 4.78 is 5.08. The van der Waals surface area contributed by atoms with Gasteiger partial charge in [-0.1, -0.05) is 6.92 Å². The number of ether oxygens (including phenoxy) is 1. The van der Waals surface area contributed by atoms with E-state index in [1.54, 1.807) is 36.4 Å². The van der Waals surface area contributed by atoms with Crippen molar-refractivity contribution in [3.63, 3.8) is 0 Å². The number of nitrogens with zero attached hydrogens (tertiary/aromatic N) is 2. The van der Waals surface area contributed by atoms with Crippen LogP contribution in [0.2, 0.25) is 0 Å². The number of nitrogens with one attached hydrogen (secondary N) is 2. The van der Waals surface area contributed by atoms with Crippen LogP contribution in [0.4, 0.5) is 17.1 Å². The van der Waals surface area contributed by atoms with Crippen molar-refractivity contribution in [1.29, 1.82) is 0 Å². The zero-order valence-corrected chi connectivity index (χ0v) is 19.2. The van der Waals surface area contributed by atoms with Crippen LogP contribution in [0, 0.1) is 10.1 Å². The lowest BCUT2D eigenvalue weighted by atomic mass is 10.1. The average Bonchev–Trinajstić information content (AvgIpc) is 2.83. The van der Waals surface area contributed by atoms with Gasteiger partial charge in [0.05, 0.1) is 17.1 Å². The van der Waals surface area contributed by atoms with Crippen molar-refractivity contribution in [2.24, 2.45) is 0 Å². The number of carbonyl (C=O) groups is 2. The summed E-state index contributed by atoms with van der Waals surface area (Å²) >= 11 is 5.19. The first-order valence-electron chi connectivity index (χ1n) is 10.8. The van der Waals surface area contributed by atoms with Crippen LogP contribution in [-0.2, 0) is 4.74 Å². The zero-order chi connectivity index (χ0) is 23.8. The molecule has 1 aliphatic heterocycles. The predicted molar refractivity (Wildman–Crippen MR) is 130 cm³/mol. The highest BCUT2D eigenvalue weighted by Gasteiger charge is 2.23. The van der Waals surface area contributed by atoms with Crippen molar-refractivity contribution in [3.8, 4) is 0 Å². The maximum Gasteiger partial charge on any atom is 0.338 e. The monoisotopic (exact) mass is 470 g/mol. The topological polar surface area (TPSA) is 114 Å². The Kier molecular flexibility index (Phi) is 8.31. The number of carbonyl (C=O) groups excluding carboxylic acids is 2. The van der Waals surface area contributed by atoms with E-state index in [1.165, 1.54) is 6.07 Å². The molecule has 0 unspecified atom stereocenters. The molecule has 0 bridgehead atoms. The van der Waals surface area contributed by atoms with E-state index in [2.05, 4.69) is 10.6 Å². The third kappa shape index (κ3) is 6.48. The lowest BCUT2D eigenvalue weighted by Crippen LogP contribution is -2.34. The van der Waals surface area contributed by atoms with Gasteiger partial charge in [0.25, 0.3) is 11.6 Å². The minimum Gasteiger partial charge on any atom is -0.462 e. The van der Waals surface area contributed by atoms with Crippen molar-refractivity contribution in [2.75, 3.05) is 29.9 Å². The fourth-order valence-electron chi connectivity index (χ4n) is 3.52. The highest BCUT2D eigenvalue weighted by molar-refractivity contribution is 7.80. The van der Waals surface area contributed by atoms with E-state index >= 15 is 0 Å². The maximum absolute atomic E-state index is 12.6. The van der Waals surface area contributed by atoms with Crippen molar-refractivity contribution in [1.82, 2.24) is 5.32 Å². The van der Waals surface area contributed by atoms with Crippen LogP contribution in [0.5, 0.6) is 0 Å². The molecule has 0 spiro atoms. The number of anilines is 2. The molecule has 1 fully saturated rings. The molecule has 0 aromatic heterocycles. The molecule has 2 aromatic rings. The first kappa shape index (κ1) is 24.1. The molecule has 33 heavy (non-hydrogen) atoms. The maximum atomic E-state index is 12.6. The lowest BCUT2D eigenvalue weighted by Gasteiger charge is -2.28. The molecule has 174 valence electrons. The van der Waals surface area contributed by atoms with E-state index in [4.69, 9.17) is 17.0 Å². The summed E-state index contributed by atoms with van der Waals surface area (Å²) in [7, 11) is 0. The first-order valence-corrected chi connectivity index (χ1v) is 11.2. The number of benzene rings is 2. The summed E-state index contributed by atoms with van der Waals surface area (Å²) in [4.78, 5) is 37.6. The van der Waals surface area contributed by atoms with Crippen LogP contribution in [-0.4, -0.2) is 41.6 Å². The van der Waals surface area contributed by atoms with E-state index in [0.717, 1.165) is 38.8 Å². The second-order valence-electron chi connectivity index (χ2n) is 7.63. The van der Waals surface area contributed by atoms with Crippen molar-refractivity contribution < 1.29 is 19.2 Å². The molecule has 0 saturated carbocycles. The van der Waals surface area contributed by atoms with Gasteiger partial charge in [0.15, 0.2) is 5.11 Å². The molecule has 1 heterocycles. The number of hydrogen-bond donors (Lipinski definition) is 2. The van der Waals surface area contributed by atoms with Gasteiger partial charge in [-0.05, 0) is 74.3 Å². The fourth-order valence-corrected chi connectivity index (χ4v) is 3.73. The molecule has 10 heteroatoms. The van der Waals surface area contributed by atoms with Crippen LogP contribution in [0.15, 0.2) is 42.5 Å². The van der Waals surface area contributed by atoms with Crippen molar-refractivity contribution in [2.45, 2.75) is 32.6 Å². The highest BCUT2D eigenvalue weighted by atomic mass is 32.1. The number of hydrogen-bond acceptors (Lipinski definition) is 7. The molecule has 3 rings (SSSR count). The number of esters is 1. The van der Waals surface area contributed by atoms with E-state index in [-0.39, 0.29) is 16.4 Å². The Bertz CT molecular complexity index is 1040. The number of piperidine rings is 1. The van der Waals surface area contributed by atoms with Crippen LogP contribution in [0.1, 0.15) is 53.3 Å². The second-order valence-corrected chi connectivity index (χ2v) is 8.04. The molecule has 1 aliphatic rings. The molecule has 0 atom stereocenters. The quantitative estimate of drug-likeness (QED) is 0.267. The van der Waals surface area contributed by atoms with Crippen LogP contribution in [0.25, 0.3) is 0 Å². The minimum atomic E-state index is -0.555. The van der Waals surface area contributed by atoms with Gasteiger partial charge >= 0.3 is 5.97 Å². The average molecular weight is 471 g/mol. The molecule has 0 aliphatic carbocycles. The number of amides is 1. The molecule has 1 saturated heterocycles. The van der Waals surface area contributed by atoms with E-state index < -0.39 is 16.8 Å². The summed E-state index contributed by atoms with van der Waals surface area (Å²) in [6.45, 7) is 3.79. The Morgan fingerprint density at radius 2 is 1.76 bits per heavy atom. The van der Waals surface area contributed by atoms with Crippen LogP contribution in [0.3, 0.4) is 0 Å². The standard InChI is InChI=1S/C23H26N4O5S/c1-2-14-32-22(29)16-6-9-18(10-7-16)24-23(33)25-21(28)17-8-11-19(20(15-17)27(30)31)26-12-4-3-5-13-26/h6-11,15H,2-5,12-14H2,1H3,(H2,24,25,28,33). The highest BCUT2D eigenvalue weighted by Crippen LogP contribution is 2.31. The second kappa shape index (κ2) is 11.4. The van der Waals surface area contributed by atoms with Crippen molar-refractivity contribution >= 4 is 46.3 Å². The van der Waals surface area contributed by atoms with Gasteiger partial charge in [0.2, 0.25) is 0 Å². The van der Waals surface area contributed by atoms with Gasteiger partial charge in [-0.15, -0.1) is 0 Å². The molecule has 0 radical (unpaired) electrons. The summed E-state index contributed by atoms with van der Waals surface area (Å²) in [5.74, 6) is -0.963. The first-order chi connectivity index (χ1) is 15.9. The third-order valence-electron chi connectivity index (χ3n) is 5.17. The molecule has 1 amide bonds. The lowest BCUT2D eigenvalue weighted by molar-refractivity contribution is -0.384. The van der Waals surface area contributed by atoms with Gasteiger partial charge in [-0.2, -0.15) is 0 Å². The normalized spacial score (nSPS) is 13.2. The number of nitro benzene ring substituents is 1. The molecular weight excluding hydrogens is 444 g/mol. The van der Waals surface area contributed by atoms with Gasteiger partial charge in [-0.25, -0.2) is 4.79 Å². The predicted octanol–water partition coefficient (Wildman–Crippen LogP) is 4.28.